The van der Waals surface area contributed by atoms with Crippen LogP contribution >= 0.6 is 12.2 Å². The quantitative estimate of drug-likeness (QED) is 0.793. The summed E-state index contributed by atoms with van der Waals surface area (Å²) in [5, 5.41) is 0. The standard InChI is InChI=1S/C14H22N2S/c1-4-12-10(3)15-13(16-14(12)17)11-7-5-6-9(2)8-11/h9,11H,4-8H2,1-3H3,(H,15,16,17). The molecule has 0 bridgehead atoms. The van der Waals surface area contributed by atoms with Gasteiger partial charge in [-0.3, -0.25) is 0 Å². The molecule has 2 rings (SSSR count). The minimum atomic E-state index is 0.588. The van der Waals surface area contributed by atoms with Crippen LogP contribution in [-0.4, -0.2) is 9.97 Å². The van der Waals surface area contributed by atoms with Crippen molar-refractivity contribution in [3.8, 4) is 0 Å². The van der Waals surface area contributed by atoms with Gasteiger partial charge in [-0.1, -0.05) is 38.9 Å². The van der Waals surface area contributed by atoms with Crippen molar-refractivity contribution in [1.82, 2.24) is 9.97 Å². The van der Waals surface area contributed by atoms with E-state index in [0.29, 0.717) is 5.92 Å². The number of hydrogen-bond acceptors (Lipinski definition) is 2. The van der Waals surface area contributed by atoms with E-state index in [2.05, 4.69) is 30.7 Å². The van der Waals surface area contributed by atoms with Crippen LogP contribution in [0.1, 0.15) is 62.5 Å². The van der Waals surface area contributed by atoms with Crippen LogP contribution in [0.15, 0.2) is 0 Å². The predicted octanol–water partition coefficient (Wildman–Crippen LogP) is 4.30. The first-order valence-corrected chi connectivity index (χ1v) is 7.12. The van der Waals surface area contributed by atoms with Crippen molar-refractivity contribution in [3.05, 3.63) is 21.7 Å². The van der Waals surface area contributed by atoms with Gasteiger partial charge >= 0.3 is 0 Å². The van der Waals surface area contributed by atoms with Gasteiger partial charge in [-0.25, -0.2) is 4.98 Å². The number of aromatic nitrogens is 2. The summed E-state index contributed by atoms with van der Waals surface area (Å²) < 4.78 is 0.803. The van der Waals surface area contributed by atoms with Gasteiger partial charge in [-0.15, -0.1) is 0 Å². The molecule has 1 saturated carbocycles. The van der Waals surface area contributed by atoms with Gasteiger partial charge in [0.05, 0.1) is 0 Å². The number of aromatic amines is 1. The summed E-state index contributed by atoms with van der Waals surface area (Å²) in [6.07, 6.45) is 6.16. The minimum Gasteiger partial charge on any atom is -0.347 e. The molecule has 1 aliphatic carbocycles. The lowest BCUT2D eigenvalue weighted by atomic mass is 9.82. The monoisotopic (exact) mass is 250 g/mol. The Morgan fingerprint density at radius 2 is 2.18 bits per heavy atom. The fourth-order valence-electron chi connectivity index (χ4n) is 2.92. The molecule has 3 heteroatoms. The van der Waals surface area contributed by atoms with E-state index >= 15 is 0 Å². The van der Waals surface area contributed by atoms with E-state index in [0.717, 1.165) is 22.8 Å². The summed E-state index contributed by atoms with van der Waals surface area (Å²) in [6.45, 7) is 6.59. The van der Waals surface area contributed by atoms with E-state index in [9.17, 15) is 0 Å². The van der Waals surface area contributed by atoms with E-state index in [-0.39, 0.29) is 0 Å². The van der Waals surface area contributed by atoms with Crippen LogP contribution in [-0.2, 0) is 6.42 Å². The molecule has 1 N–H and O–H groups in total. The highest BCUT2D eigenvalue weighted by atomic mass is 32.1. The van der Waals surface area contributed by atoms with Gasteiger partial charge in [-0.2, -0.15) is 0 Å². The Morgan fingerprint density at radius 1 is 1.41 bits per heavy atom. The summed E-state index contributed by atoms with van der Waals surface area (Å²) in [7, 11) is 0. The Morgan fingerprint density at radius 3 is 2.76 bits per heavy atom. The van der Waals surface area contributed by atoms with Crippen molar-refractivity contribution in [2.24, 2.45) is 5.92 Å². The predicted molar refractivity (Wildman–Crippen MR) is 73.9 cm³/mol. The molecule has 1 aromatic rings. The van der Waals surface area contributed by atoms with Gasteiger partial charge in [0.1, 0.15) is 10.5 Å². The van der Waals surface area contributed by atoms with Crippen molar-refractivity contribution in [2.75, 3.05) is 0 Å². The molecular weight excluding hydrogens is 228 g/mol. The second-order valence-electron chi connectivity index (χ2n) is 5.35. The third-order valence-electron chi connectivity index (χ3n) is 3.93. The number of aryl methyl sites for hydroxylation is 1. The van der Waals surface area contributed by atoms with Crippen molar-refractivity contribution in [2.45, 2.75) is 58.8 Å². The van der Waals surface area contributed by atoms with E-state index in [1.807, 2.05) is 0 Å². The zero-order valence-corrected chi connectivity index (χ0v) is 11.9. The van der Waals surface area contributed by atoms with Crippen molar-refractivity contribution in [3.63, 3.8) is 0 Å². The first-order valence-electron chi connectivity index (χ1n) is 6.71. The lowest BCUT2D eigenvalue weighted by Crippen LogP contribution is -2.15. The van der Waals surface area contributed by atoms with Gasteiger partial charge < -0.3 is 4.98 Å². The van der Waals surface area contributed by atoms with Crippen LogP contribution in [0.3, 0.4) is 0 Å². The summed E-state index contributed by atoms with van der Waals surface area (Å²) in [4.78, 5) is 8.10. The average Bonchev–Trinajstić information content (AvgIpc) is 2.28. The Labute approximate surface area is 109 Å². The smallest absolute Gasteiger partial charge is 0.133 e. The summed E-state index contributed by atoms with van der Waals surface area (Å²) >= 11 is 5.39. The van der Waals surface area contributed by atoms with E-state index < -0.39 is 0 Å². The lowest BCUT2D eigenvalue weighted by Gasteiger charge is -2.26. The molecule has 1 aliphatic rings. The Kier molecular flexibility index (Phi) is 3.97. The van der Waals surface area contributed by atoms with Gasteiger partial charge in [0.2, 0.25) is 0 Å². The molecule has 0 saturated heterocycles. The van der Waals surface area contributed by atoms with E-state index in [1.165, 1.54) is 36.9 Å². The fraction of sp³-hybridized carbons (Fsp3) is 0.714. The van der Waals surface area contributed by atoms with Crippen LogP contribution in [0.2, 0.25) is 0 Å². The highest BCUT2D eigenvalue weighted by Gasteiger charge is 2.22. The molecule has 2 nitrogen and oxygen atoms in total. The number of hydrogen-bond donors (Lipinski definition) is 1. The number of rotatable bonds is 2. The molecule has 1 fully saturated rings. The molecule has 1 heterocycles. The zero-order valence-electron chi connectivity index (χ0n) is 11.0. The van der Waals surface area contributed by atoms with Crippen LogP contribution in [0.25, 0.3) is 0 Å². The van der Waals surface area contributed by atoms with Gasteiger partial charge in [0.25, 0.3) is 0 Å². The first kappa shape index (κ1) is 12.7. The van der Waals surface area contributed by atoms with Crippen LogP contribution in [0.5, 0.6) is 0 Å². The minimum absolute atomic E-state index is 0.588. The highest BCUT2D eigenvalue weighted by molar-refractivity contribution is 7.71. The third kappa shape index (κ3) is 2.76. The number of nitrogens with one attached hydrogen (secondary N) is 1. The Bertz CT molecular complexity index is 450. The second-order valence-corrected chi connectivity index (χ2v) is 5.74. The summed E-state index contributed by atoms with van der Waals surface area (Å²) in [6, 6.07) is 0. The normalized spacial score (nSPS) is 24.9. The van der Waals surface area contributed by atoms with Crippen LogP contribution in [0, 0.1) is 17.5 Å². The maximum atomic E-state index is 5.39. The molecule has 2 atom stereocenters. The van der Waals surface area contributed by atoms with Crippen molar-refractivity contribution in [1.29, 1.82) is 0 Å². The molecule has 0 spiro atoms. The van der Waals surface area contributed by atoms with Crippen LogP contribution < -0.4 is 0 Å². The third-order valence-corrected chi connectivity index (χ3v) is 4.26. The Hall–Kier alpha value is -0.700. The summed E-state index contributed by atoms with van der Waals surface area (Å²) in [5.74, 6) is 2.53. The van der Waals surface area contributed by atoms with Crippen molar-refractivity contribution >= 4 is 12.2 Å². The lowest BCUT2D eigenvalue weighted by molar-refractivity contribution is 0.334. The van der Waals surface area contributed by atoms with E-state index in [4.69, 9.17) is 12.2 Å². The molecule has 0 radical (unpaired) electrons. The second kappa shape index (κ2) is 5.30. The number of H-pyrrole nitrogens is 1. The molecule has 0 aliphatic heterocycles. The maximum Gasteiger partial charge on any atom is 0.133 e. The fourth-order valence-corrected chi connectivity index (χ4v) is 3.32. The molecule has 17 heavy (non-hydrogen) atoms. The maximum absolute atomic E-state index is 5.39. The van der Waals surface area contributed by atoms with Gasteiger partial charge in [-0.05, 0) is 32.1 Å². The van der Waals surface area contributed by atoms with Crippen molar-refractivity contribution < 1.29 is 0 Å². The SMILES string of the molecule is CCc1c(C)[nH]c(C2CCCC(C)C2)nc1=S. The molecular formula is C14H22N2S. The molecule has 2 unspecified atom stereocenters. The number of nitrogens with zero attached hydrogens (tertiary/aromatic N) is 1. The molecule has 0 aromatic carbocycles. The molecule has 0 amide bonds. The zero-order chi connectivity index (χ0) is 12.4. The van der Waals surface area contributed by atoms with Crippen LogP contribution in [0.4, 0.5) is 0 Å². The topological polar surface area (TPSA) is 28.7 Å². The summed E-state index contributed by atoms with van der Waals surface area (Å²) in [5.41, 5.74) is 2.41. The first-order chi connectivity index (χ1) is 8.11. The Balaban J connectivity index is 2.30. The molecule has 1 aromatic heterocycles. The molecule has 94 valence electrons. The average molecular weight is 250 g/mol. The highest BCUT2D eigenvalue weighted by Crippen LogP contribution is 2.34. The largest absolute Gasteiger partial charge is 0.347 e. The van der Waals surface area contributed by atoms with Gasteiger partial charge in [0.15, 0.2) is 0 Å². The van der Waals surface area contributed by atoms with E-state index in [1.54, 1.807) is 0 Å². The van der Waals surface area contributed by atoms with Gasteiger partial charge in [0, 0.05) is 17.2 Å².